The van der Waals surface area contributed by atoms with E-state index in [1.54, 1.807) is 41.3 Å². The van der Waals surface area contributed by atoms with Gasteiger partial charge in [-0.1, -0.05) is 23.7 Å². The first-order valence-electron chi connectivity index (χ1n) is 11.5. The van der Waals surface area contributed by atoms with E-state index in [0.717, 1.165) is 0 Å². The number of benzene rings is 2. The lowest BCUT2D eigenvalue weighted by Gasteiger charge is -2.38. The molecule has 1 aromatic heterocycles. The number of ether oxygens (including phenoxy) is 2. The van der Waals surface area contributed by atoms with Crippen LogP contribution < -0.4 is 10.1 Å². The van der Waals surface area contributed by atoms with Crippen molar-refractivity contribution in [1.82, 2.24) is 9.88 Å². The number of carbonyl (C=O) groups excluding carboxylic acids is 1. The van der Waals surface area contributed by atoms with Crippen molar-refractivity contribution < 1.29 is 28.2 Å². The van der Waals surface area contributed by atoms with Crippen molar-refractivity contribution in [2.45, 2.75) is 38.0 Å². The lowest BCUT2D eigenvalue weighted by molar-refractivity contribution is -0.0467. The molecule has 1 amide bonds. The Labute approximate surface area is 208 Å². The highest BCUT2D eigenvalue weighted by Crippen LogP contribution is 2.33. The summed E-state index contributed by atoms with van der Waals surface area (Å²) < 4.78 is 30.9. The Hall–Kier alpha value is -2.88. The van der Waals surface area contributed by atoms with Crippen molar-refractivity contribution in [3.05, 3.63) is 52.5 Å². The number of aliphatic hydroxyl groups is 1. The number of morpholine rings is 1. The Kier molecular flexibility index (Phi) is 8.10. The van der Waals surface area contributed by atoms with Crippen LogP contribution in [0.25, 0.3) is 11.1 Å². The van der Waals surface area contributed by atoms with Crippen molar-refractivity contribution in [3.63, 3.8) is 0 Å². The van der Waals surface area contributed by atoms with Crippen LogP contribution in [-0.4, -0.2) is 66.6 Å². The SMILES string of the molecule is COc1cc(C(=O)N2C[C@H](C)OC[C@@H]2CCCO)cc2nc(N[C@H](CF)c3cccc(Cl)c3)oc12. The van der Waals surface area contributed by atoms with Crippen LogP contribution in [0.4, 0.5) is 10.4 Å². The van der Waals surface area contributed by atoms with Gasteiger partial charge in [-0.2, -0.15) is 4.98 Å². The van der Waals surface area contributed by atoms with E-state index in [0.29, 0.717) is 59.0 Å². The van der Waals surface area contributed by atoms with Gasteiger partial charge in [0.05, 0.1) is 31.9 Å². The Bertz CT molecular complexity index is 1170. The van der Waals surface area contributed by atoms with E-state index in [4.69, 9.17) is 25.5 Å². The number of anilines is 1. The van der Waals surface area contributed by atoms with E-state index < -0.39 is 12.7 Å². The number of methoxy groups -OCH3 is 1. The number of rotatable bonds is 9. The normalized spacial score (nSPS) is 19.1. The number of aliphatic hydroxyl groups excluding tert-OH is 1. The fraction of sp³-hybridized carbons (Fsp3) is 0.440. The van der Waals surface area contributed by atoms with Crippen LogP contribution >= 0.6 is 11.6 Å². The van der Waals surface area contributed by atoms with Crippen LogP contribution in [0.2, 0.25) is 5.02 Å². The second-order valence-corrected chi connectivity index (χ2v) is 9.01. The van der Waals surface area contributed by atoms with Gasteiger partial charge in [-0.3, -0.25) is 4.79 Å². The zero-order valence-electron chi connectivity index (χ0n) is 19.7. The molecule has 2 N–H and O–H groups in total. The quantitative estimate of drug-likeness (QED) is 0.438. The maximum atomic E-state index is 13.8. The van der Waals surface area contributed by atoms with Crippen LogP contribution in [0.5, 0.6) is 5.75 Å². The molecule has 8 nitrogen and oxygen atoms in total. The molecule has 1 aliphatic rings. The molecule has 0 unspecified atom stereocenters. The standard InChI is InChI=1S/C25H29ClFN3O5/c1-15-13-30(19(14-34-15)7-4-8-31)24(32)17-10-20-23(22(11-17)33-2)35-25(28-20)29-21(12-27)16-5-3-6-18(26)9-16/h3,5-6,9-11,15,19,21,31H,4,7-8,12-14H2,1-2H3,(H,28,29)/t15-,19-,21+/m0/s1. The fourth-order valence-corrected chi connectivity index (χ4v) is 4.45. The molecular formula is C25H29ClFN3O5. The van der Waals surface area contributed by atoms with E-state index in [9.17, 15) is 14.3 Å². The van der Waals surface area contributed by atoms with Gasteiger partial charge in [0.1, 0.15) is 12.2 Å². The summed E-state index contributed by atoms with van der Waals surface area (Å²) in [7, 11) is 1.48. The van der Waals surface area contributed by atoms with Crippen LogP contribution in [-0.2, 0) is 4.74 Å². The number of hydrogen-bond acceptors (Lipinski definition) is 7. The average molecular weight is 506 g/mol. The van der Waals surface area contributed by atoms with Gasteiger partial charge in [-0.05, 0) is 49.6 Å². The number of amides is 1. The zero-order valence-corrected chi connectivity index (χ0v) is 20.4. The second-order valence-electron chi connectivity index (χ2n) is 8.57. The van der Waals surface area contributed by atoms with Crippen LogP contribution in [0, 0.1) is 0 Å². The van der Waals surface area contributed by atoms with Gasteiger partial charge in [0.25, 0.3) is 11.9 Å². The van der Waals surface area contributed by atoms with Gasteiger partial charge in [0.2, 0.25) is 0 Å². The predicted octanol–water partition coefficient (Wildman–Crippen LogP) is 4.61. The number of oxazole rings is 1. The zero-order chi connectivity index (χ0) is 24.9. The summed E-state index contributed by atoms with van der Waals surface area (Å²) in [6, 6.07) is 9.42. The summed E-state index contributed by atoms with van der Waals surface area (Å²) in [5, 5.41) is 12.7. The molecule has 0 bridgehead atoms. The lowest BCUT2D eigenvalue weighted by atomic mass is 10.1. The molecule has 4 rings (SSSR count). The van der Waals surface area contributed by atoms with Crippen LogP contribution in [0.15, 0.2) is 40.8 Å². The Balaban J connectivity index is 1.62. The molecule has 3 atom stereocenters. The third-order valence-electron chi connectivity index (χ3n) is 6.05. The number of nitrogens with one attached hydrogen (secondary N) is 1. The number of nitrogens with zero attached hydrogens (tertiary/aromatic N) is 2. The summed E-state index contributed by atoms with van der Waals surface area (Å²) >= 11 is 6.05. The third kappa shape index (κ3) is 5.69. The van der Waals surface area contributed by atoms with Crippen molar-refractivity contribution >= 4 is 34.6 Å². The first-order valence-corrected chi connectivity index (χ1v) is 11.9. The topological polar surface area (TPSA) is 97.1 Å². The van der Waals surface area contributed by atoms with Crippen molar-refractivity contribution in [2.75, 3.05) is 38.9 Å². The summed E-state index contributed by atoms with van der Waals surface area (Å²) in [4.78, 5) is 19.7. The molecule has 10 heteroatoms. The monoisotopic (exact) mass is 505 g/mol. The van der Waals surface area contributed by atoms with Gasteiger partial charge in [-0.25, -0.2) is 4.39 Å². The van der Waals surface area contributed by atoms with E-state index >= 15 is 0 Å². The Morgan fingerprint density at radius 2 is 2.23 bits per heavy atom. The number of carbonyl (C=O) groups is 1. The number of alkyl halides is 1. The van der Waals surface area contributed by atoms with Crippen LogP contribution in [0.1, 0.15) is 41.7 Å². The largest absolute Gasteiger partial charge is 0.493 e. The smallest absolute Gasteiger partial charge is 0.296 e. The highest BCUT2D eigenvalue weighted by atomic mass is 35.5. The number of hydrogen-bond donors (Lipinski definition) is 2. The highest BCUT2D eigenvalue weighted by molar-refractivity contribution is 6.30. The molecule has 0 aliphatic carbocycles. The number of aromatic nitrogens is 1. The van der Waals surface area contributed by atoms with Crippen molar-refractivity contribution in [2.24, 2.45) is 0 Å². The lowest BCUT2D eigenvalue weighted by Crippen LogP contribution is -2.51. The molecule has 1 saturated heterocycles. The molecular weight excluding hydrogens is 477 g/mol. The molecule has 0 saturated carbocycles. The molecule has 0 spiro atoms. The number of halogens is 2. The fourth-order valence-electron chi connectivity index (χ4n) is 4.25. The van der Waals surface area contributed by atoms with Gasteiger partial charge in [0.15, 0.2) is 11.3 Å². The van der Waals surface area contributed by atoms with E-state index in [1.165, 1.54) is 7.11 Å². The molecule has 188 valence electrons. The minimum absolute atomic E-state index is 0.0532. The molecule has 0 radical (unpaired) electrons. The minimum atomic E-state index is -0.712. The third-order valence-corrected chi connectivity index (χ3v) is 6.29. The maximum absolute atomic E-state index is 13.8. The van der Waals surface area contributed by atoms with E-state index in [2.05, 4.69) is 10.3 Å². The highest BCUT2D eigenvalue weighted by Gasteiger charge is 2.31. The molecule has 2 aromatic carbocycles. The van der Waals surface area contributed by atoms with E-state index in [1.807, 2.05) is 6.92 Å². The first-order chi connectivity index (χ1) is 16.9. The first kappa shape index (κ1) is 25.2. The molecule has 35 heavy (non-hydrogen) atoms. The maximum Gasteiger partial charge on any atom is 0.296 e. The van der Waals surface area contributed by atoms with Crippen molar-refractivity contribution in [1.29, 1.82) is 0 Å². The molecule has 1 aliphatic heterocycles. The number of fused-ring (bicyclic) bond motifs is 1. The Morgan fingerprint density at radius 1 is 1.40 bits per heavy atom. The van der Waals surface area contributed by atoms with Crippen molar-refractivity contribution in [3.8, 4) is 5.75 Å². The summed E-state index contributed by atoms with van der Waals surface area (Å²) in [5.74, 6) is 0.167. The van der Waals surface area contributed by atoms with Gasteiger partial charge >= 0.3 is 0 Å². The molecule has 3 aromatic rings. The summed E-state index contributed by atoms with van der Waals surface area (Å²) in [6.07, 6.45) is 1.12. The van der Waals surface area contributed by atoms with Crippen LogP contribution in [0.3, 0.4) is 0 Å². The molecule has 1 fully saturated rings. The minimum Gasteiger partial charge on any atom is -0.493 e. The second kappa shape index (κ2) is 11.2. The average Bonchev–Trinajstić information content (AvgIpc) is 3.28. The van der Waals surface area contributed by atoms with Gasteiger partial charge in [-0.15, -0.1) is 0 Å². The summed E-state index contributed by atoms with van der Waals surface area (Å²) in [5.41, 5.74) is 1.81. The Morgan fingerprint density at radius 3 is 2.94 bits per heavy atom. The van der Waals surface area contributed by atoms with Gasteiger partial charge in [0, 0.05) is 23.7 Å². The molecule has 2 heterocycles. The predicted molar refractivity (Wildman–Crippen MR) is 131 cm³/mol. The van der Waals surface area contributed by atoms with Gasteiger partial charge < -0.3 is 29.2 Å². The summed E-state index contributed by atoms with van der Waals surface area (Å²) in [6.45, 7) is 2.13. The van der Waals surface area contributed by atoms with E-state index in [-0.39, 0.29) is 30.7 Å².